The lowest BCUT2D eigenvalue weighted by Gasteiger charge is -2.30. The summed E-state index contributed by atoms with van der Waals surface area (Å²) in [5.74, 6) is -0.123. The normalized spacial score (nSPS) is 12.7. The van der Waals surface area contributed by atoms with E-state index in [4.69, 9.17) is 0 Å². The van der Waals surface area contributed by atoms with Gasteiger partial charge < -0.3 is 0 Å². The summed E-state index contributed by atoms with van der Waals surface area (Å²) in [5, 5.41) is 2.25. The highest BCUT2D eigenvalue weighted by Crippen LogP contribution is 2.31. The van der Waals surface area contributed by atoms with Crippen LogP contribution in [0.15, 0.2) is 97.1 Å². The first-order valence-corrected chi connectivity index (χ1v) is 11.2. The van der Waals surface area contributed by atoms with E-state index in [0.29, 0.717) is 12.1 Å². The number of benzene rings is 4. The van der Waals surface area contributed by atoms with Crippen molar-refractivity contribution in [1.82, 2.24) is 4.90 Å². The second kappa shape index (κ2) is 10.2. The van der Waals surface area contributed by atoms with Crippen molar-refractivity contribution < 1.29 is 18.0 Å². The zero-order valence-corrected chi connectivity index (χ0v) is 18.9. The van der Waals surface area contributed by atoms with Crippen LogP contribution in [0.4, 0.5) is 13.2 Å². The quantitative estimate of drug-likeness (QED) is 0.276. The van der Waals surface area contributed by atoms with Crippen LogP contribution < -0.4 is 0 Å². The van der Waals surface area contributed by atoms with E-state index >= 15 is 0 Å². The molecule has 4 aromatic carbocycles. The van der Waals surface area contributed by atoms with Gasteiger partial charge in [-0.2, -0.15) is 13.2 Å². The number of halogens is 3. The Morgan fingerprint density at radius 3 is 2.24 bits per heavy atom. The fraction of sp³-hybridized carbons (Fsp3) is 0.207. The second-order valence-corrected chi connectivity index (χ2v) is 8.55. The summed E-state index contributed by atoms with van der Waals surface area (Å²) in [7, 11) is 0. The molecule has 0 amide bonds. The number of hydrogen-bond donors (Lipinski definition) is 0. The molecule has 0 bridgehead atoms. The molecule has 0 aliphatic heterocycles. The number of carbonyl (C=O) groups is 1. The molecule has 5 heteroatoms. The van der Waals surface area contributed by atoms with Gasteiger partial charge in [0.2, 0.25) is 0 Å². The monoisotopic (exact) mass is 461 g/mol. The Kier molecular flexibility index (Phi) is 7.13. The zero-order chi connectivity index (χ0) is 24.1. The van der Waals surface area contributed by atoms with Crippen LogP contribution in [0.2, 0.25) is 0 Å². The maximum absolute atomic E-state index is 13.1. The van der Waals surface area contributed by atoms with Gasteiger partial charge in [0, 0.05) is 19.0 Å². The maximum atomic E-state index is 13.1. The number of fused-ring (bicyclic) bond motifs is 1. The van der Waals surface area contributed by atoms with Crippen LogP contribution in [0, 0.1) is 0 Å². The van der Waals surface area contributed by atoms with Crippen molar-refractivity contribution in [2.75, 3.05) is 6.54 Å². The molecule has 174 valence electrons. The molecule has 0 N–H and O–H groups in total. The van der Waals surface area contributed by atoms with Gasteiger partial charge in [0.05, 0.1) is 12.1 Å². The molecule has 4 aromatic rings. The standard InChI is InChI=1S/C29H26F3NO/c1-21(27-16-8-13-24-12-5-6-15-28(24)27)33(19-22-9-3-2-4-10-22)20-26(34)18-23-11-7-14-25(17-23)29(30,31)32/h2-17,21H,18-20H2,1H3. The number of carbonyl (C=O) groups excluding carboxylic acids is 1. The Morgan fingerprint density at radius 1 is 0.824 bits per heavy atom. The lowest BCUT2D eigenvalue weighted by molar-refractivity contribution is -0.137. The molecule has 0 aliphatic carbocycles. The van der Waals surface area contributed by atoms with Crippen molar-refractivity contribution in [3.8, 4) is 0 Å². The summed E-state index contributed by atoms with van der Waals surface area (Å²) in [6, 6.07) is 29.1. The molecule has 0 saturated heterocycles. The molecular weight excluding hydrogens is 435 g/mol. The largest absolute Gasteiger partial charge is 0.416 e. The molecule has 0 aliphatic rings. The van der Waals surface area contributed by atoms with Crippen molar-refractivity contribution in [2.45, 2.75) is 32.1 Å². The van der Waals surface area contributed by atoms with E-state index in [9.17, 15) is 18.0 Å². The minimum atomic E-state index is -4.43. The predicted octanol–water partition coefficient (Wildman–Crippen LogP) is 7.23. The zero-order valence-electron chi connectivity index (χ0n) is 18.9. The summed E-state index contributed by atoms with van der Waals surface area (Å²) in [6.07, 6.45) is -4.47. The number of Topliss-reactive ketones (excluding diaryl/α,β-unsaturated/α-hetero) is 1. The lowest BCUT2D eigenvalue weighted by Crippen LogP contribution is -2.33. The van der Waals surface area contributed by atoms with E-state index in [0.717, 1.165) is 34.0 Å². The summed E-state index contributed by atoms with van der Waals surface area (Å²) >= 11 is 0. The van der Waals surface area contributed by atoms with Crippen LogP contribution in [0.25, 0.3) is 10.8 Å². The van der Waals surface area contributed by atoms with Gasteiger partial charge in [-0.1, -0.05) is 91.0 Å². The first-order valence-electron chi connectivity index (χ1n) is 11.2. The number of alkyl halides is 3. The van der Waals surface area contributed by atoms with E-state index in [2.05, 4.69) is 36.1 Å². The van der Waals surface area contributed by atoms with E-state index in [1.165, 1.54) is 6.07 Å². The molecule has 0 saturated carbocycles. The first-order chi connectivity index (χ1) is 16.3. The van der Waals surface area contributed by atoms with Gasteiger partial charge in [-0.3, -0.25) is 9.69 Å². The fourth-order valence-electron chi connectivity index (χ4n) is 4.33. The van der Waals surface area contributed by atoms with Crippen molar-refractivity contribution in [3.63, 3.8) is 0 Å². The Balaban J connectivity index is 1.59. The third-order valence-electron chi connectivity index (χ3n) is 6.08. The van der Waals surface area contributed by atoms with Crippen LogP contribution in [0.1, 0.15) is 35.2 Å². The number of rotatable bonds is 8. The highest BCUT2D eigenvalue weighted by Gasteiger charge is 2.30. The molecule has 0 aromatic heterocycles. The smallest absolute Gasteiger partial charge is 0.298 e. The molecular formula is C29H26F3NO. The number of ketones is 1. The van der Waals surface area contributed by atoms with Crippen LogP contribution in [-0.2, 0) is 23.9 Å². The summed E-state index contributed by atoms with van der Waals surface area (Å²) in [5.41, 5.74) is 1.82. The molecule has 0 spiro atoms. The van der Waals surface area contributed by atoms with Crippen LogP contribution in [0.3, 0.4) is 0 Å². The van der Waals surface area contributed by atoms with Gasteiger partial charge in [0.25, 0.3) is 0 Å². The molecule has 2 nitrogen and oxygen atoms in total. The average Bonchev–Trinajstić information content (AvgIpc) is 2.83. The molecule has 0 fully saturated rings. The highest BCUT2D eigenvalue weighted by molar-refractivity contribution is 5.86. The van der Waals surface area contributed by atoms with Gasteiger partial charge >= 0.3 is 6.18 Å². The van der Waals surface area contributed by atoms with Crippen LogP contribution in [0.5, 0.6) is 0 Å². The lowest BCUT2D eigenvalue weighted by atomic mass is 9.97. The molecule has 4 rings (SSSR count). The second-order valence-electron chi connectivity index (χ2n) is 8.55. The highest BCUT2D eigenvalue weighted by atomic mass is 19.4. The summed E-state index contributed by atoms with van der Waals surface area (Å²) < 4.78 is 39.3. The van der Waals surface area contributed by atoms with Gasteiger partial charge in [0.15, 0.2) is 5.78 Å². The summed E-state index contributed by atoms with van der Waals surface area (Å²) in [4.78, 5) is 15.1. The Bertz CT molecular complexity index is 1260. The van der Waals surface area contributed by atoms with E-state index in [-0.39, 0.29) is 24.8 Å². The van der Waals surface area contributed by atoms with Crippen molar-refractivity contribution in [3.05, 3.63) is 119 Å². The SMILES string of the molecule is CC(c1cccc2ccccc12)N(CC(=O)Cc1cccc(C(F)(F)F)c1)Cc1ccccc1. The number of nitrogens with zero attached hydrogens (tertiary/aromatic N) is 1. The van der Waals surface area contributed by atoms with Gasteiger partial charge in [-0.05, 0) is 40.5 Å². The molecule has 1 unspecified atom stereocenters. The molecule has 0 radical (unpaired) electrons. The topological polar surface area (TPSA) is 20.3 Å². The van der Waals surface area contributed by atoms with Gasteiger partial charge in [-0.25, -0.2) is 0 Å². The molecule has 0 heterocycles. The van der Waals surface area contributed by atoms with Crippen molar-refractivity contribution in [1.29, 1.82) is 0 Å². The fourth-order valence-corrected chi connectivity index (χ4v) is 4.33. The van der Waals surface area contributed by atoms with Crippen molar-refractivity contribution >= 4 is 16.6 Å². The number of hydrogen-bond acceptors (Lipinski definition) is 2. The average molecular weight is 462 g/mol. The van der Waals surface area contributed by atoms with Gasteiger partial charge in [0.1, 0.15) is 0 Å². The van der Waals surface area contributed by atoms with Crippen LogP contribution >= 0.6 is 0 Å². The minimum absolute atomic E-state index is 0.0442. The molecule has 1 atom stereocenters. The van der Waals surface area contributed by atoms with E-state index in [1.54, 1.807) is 6.07 Å². The summed E-state index contributed by atoms with van der Waals surface area (Å²) in [6.45, 7) is 2.76. The molecule has 34 heavy (non-hydrogen) atoms. The third kappa shape index (κ3) is 5.72. The van der Waals surface area contributed by atoms with Crippen molar-refractivity contribution in [2.24, 2.45) is 0 Å². The van der Waals surface area contributed by atoms with Crippen LogP contribution in [-0.4, -0.2) is 17.2 Å². The first kappa shape index (κ1) is 23.7. The Hall–Kier alpha value is -3.44. The maximum Gasteiger partial charge on any atom is 0.416 e. The van der Waals surface area contributed by atoms with E-state index in [1.807, 2.05) is 48.5 Å². The van der Waals surface area contributed by atoms with Gasteiger partial charge in [-0.15, -0.1) is 0 Å². The Labute approximate surface area is 197 Å². The Morgan fingerprint density at radius 2 is 1.47 bits per heavy atom. The van der Waals surface area contributed by atoms with E-state index < -0.39 is 11.7 Å². The third-order valence-corrected chi connectivity index (χ3v) is 6.08. The predicted molar refractivity (Wildman–Crippen MR) is 129 cm³/mol. The minimum Gasteiger partial charge on any atom is -0.298 e.